The zero-order valence-electron chi connectivity index (χ0n) is 14.9. The molecular formula is C18H27NO5. The van der Waals surface area contributed by atoms with E-state index in [1.807, 2.05) is 32.0 Å². The maximum atomic E-state index is 12.4. The van der Waals surface area contributed by atoms with Crippen LogP contribution < -0.4 is 4.74 Å². The second-order valence-electron chi connectivity index (χ2n) is 5.73. The van der Waals surface area contributed by atoms with Gasteiger partial charge in [0, 0.05) is 13.1 Å². The van der Waals surface area contributed by atoms with E-state index in [0.717, 1.165) is 11.1 Å². The van der Waals surface area contributed by atoms with E-state index in [1.165, 1.54) is 4.90 Å². The van der Waals surface area contributed by atoms with Crippen LogP contribution in [0.1, 0.15) is 31.4 Å². The van der Waals surface area contributed by atoms with Crippen LogP contribution in [0.3, 0.4) is 0 Å². The van der Waals surface area contributed by atoms with Gasteiger partial charge in [-0.15, -0.1) is 0 Å². The van der Waals surface area contributed by atoms with Gasteiger partial charge in [-0.25, -0.2) is 0 Å². The number of aliphatic hydroxyl groups excluding tert-OH is 1. The van der Waals surface area contributed by atoms with Crippen molar-refractivity contribution in [2.75, 3.05) is 26.3 Å². The highest BCUT2D eigenvalue weighted by atomic mass is 16.5. The number of aryl methyl sites for hydroxylation is 1. The number of carbonyl (C=O) groups is 2. The first-order valence-electron chi connectivity index (χ1n) is 8.15. The fraction of sp³-hybridized carbons (Fsp3) is 0.556. The Morgan fingerprint density at radius 1 is 1.29 bits per heavy atom. The number of hydrogen-bond acceptors (Lipinski definition) is 5. The van der Waals surface area contributed by atoms with Gasteiger partial charge < -0.3 is 19.5 Å². The van der Waals surface area contributed by atoms with Crippen LogP contribution in [-0.2, 0) is 14.3 Å². The summed E-state index contributed by atoms with van der Waals surface area (Å²) in [7, 11) is 0. The topological polar surface area (TPSA) is 76.1 Å². The van der Waals surface area contributed by atoms with Crippen molar-refractivity contribution in [1.29, 1.82) is 0 Å². The van der Waals surface area contributed by atoms with Crippen LogP contribution in [-0.4, -0.2) is 54.3 Å². The third-order valence-electron chi connectivity index (χ3n) is 3.63. The van der Waals surface area contributed by atoms with Crippen LogP contribution in [0.15, 0.2) is 18.2 Å². The summed E-state index contributed by atoms with van der Waals surface area (Å²) in [6.45, 7) is 7.74. The molecule has 0 bridgehead atoms. The van der Waals surface area contributed by atoms with Crippen molar-refractivity contribution in [1.82, 2.24) is 4.90 Å². The number of ether oxygens (including phenoxy) is 2. The summed E-state index contributed by atoms with van der Waals surface area (Å²) in [6.07, 6.45) is -0.590. The molecule has 0 radical (unpaired) electrons. The summed E-state index contributed by atoms with van der Waals surface area (Å²) in [6, 6.07) is 5.66. The largest absolute Gasteiger partial charge is 0.483 e. The first-order chi connectivity index (χ1) is 11.3. The van der Waals surface area contributed by atoms with Gasteiger partial charge in [-0.05, 0) is 44.9 Å². The van der Waals surface area contributed by atoms with Gasteiger partial charge in [0.05, 0.1) is 19.1 Å². The average molecular weight is 337 g/mol. The van der Waals surface area contributed by atoms with E-state index in [4.69, 9.17) is 9.47 Å². The lowest BCUT2D eigenvalue weighted by atomic mass is 10.1. The average Bonchev–Trinajstić information content (AvgIpc) is 2.52. The van der Waals surface area contributed by atoms with Gasteiger partial charge in [0.25, 0.3) is 5.91 Å². The van der Waals surface area contributed by atoms with E-state index in [9.17, 15) is 14.7 Å². The first kappa shape index (κ1) is 20.0. The predicted octanol–water partition coefficient (Wildman–Crippen LogP) is 1.84. The molecule has 6 nitrogen and oxygen atoms in total. The first-order valence-corrected chi connectivity index (χ1v) is 8.15. The van der Waals surface area contributed by atoms with Crippen LogP contribution in [0.25, 0.3) is 0 Å². The minimum Gasteiger partial charge on any atom is -0.483 e. The molecule has 0 aromatic heterocycles. The molecule has 24 heavy (non-hydrogen) atoms. The van der Waals surface area contributed by atoms with E-state index in [1.54, 1.807) is 13.8 Å². The van der Waals surface area contributed by atoms with E-state index >= 15 is 0 Å². The van der Waals surface area contributed by atoms with Gasteiger partial charge in [-0.2, -0.15) is 0 Å². The highest BCUT2D eigenvalue weighted by molar-refractivity contribution is 5.78. The SMILES string of the molecule is CCOC(=O)CCN(CC(C)O)C(=O)COc1cccc(C)c1C. The molecule has 1 atom stereocenters. The van der Waals surface area contributed by atoms with Crippen molar-refractivity contribution in [3.05, 3.63) is 29.3 Å². The van der Waals surface area contributed by atoms with Crippen molar-refractivity contribution >= 4 is 11.9 Å². The van der Waals surface area contributed by atoms with Gasteiger partial charge in [0.2, 0.25) is 0 Å². The van der Waals surface area contributed by atoms with Crippen LogP contribution in [0.5, 0.6) is 5.75 Å². The van der Waals surface area contributed by atoms with Gasteiger partial charge in [-0.3, -0.25) is 9.59 Å². The Kier molecular flexibility index (Phi) is 8.26. The van der Waals surface area contributed by atoms with E-state index in [0.29, 0.717) is 12.4 Å². The van der Waals surface area contributed by atoms with Crippen LogP contribution in [0, 0.1) is 13.8 Å². The zero-order valence-corrected chi connectivity index (χ0v) is 14.9. The van der Waals surface area contributed by atoms with Crippen LogP contribution in [0.2, 0.25) is 0 Å². The summed E-state index contributed by atoms with van der Waals surface area (Å²) in [5.74, 6) is 0.0168. The third kappa shape index (κ3) is 6.58. The molecule has 0 heterocycles. The Labute approximate surface area is 143 Å². The molecule has 1 amide bonds. The predicted molar refractivity (Wildman–Crippen MR) is 90.9 cm³/mol. The summed E-state index contributed by atoms with van der Waals surface area (Å²) < 4.78 is 10.5. The van der Waals surface area contributed by atoms with Crippen LogP contribution >= 0.6 is 0 Å². The smallest absolute Gasteiger partial charge is 0.307 e. The normalized spacial score (nSPS) is 11.7. The van der Waals surface area contributed by atoms with Crippen molar-refractivity contribution in [2.24, 2.45) is 0 Å². The van der Waals surface area contributed by atoms with Crippen LogP contribution in [0.4, 0.5) is 0 Å². The highest BCUT2D eigenvalue weighted by Gasteiger charge is 2.18. The molecule has 1 aromatic carbocycles. The minimum atomic E-state index is -0.683. The maximum absolute atomic E-state index is 12.4. The number of hydrogen-bond donors (Lipinski definition) is 1. The number of carbonyl (C=O) groups excluding carboxylic acids is 2. The number of aliphatic hydroxyl groups is 1. The summed E-state index contributed by atoms with van der Waals surface area (Å²) in [4.78, 5) is 25.2. The molecule has 0 aliphatic rings. The quantitative estimate of drug-likeness (QED) is 0.696. The van der Waals surface area contributed by atoms with E-state index in [2.05, 4.69) is 0 Å². The molecular weight excluding hydrogens is 310 g/mol. The molecule has 0 fully saturated rings. The van der Waals surface area contributed by atoms with Crippen molar-refractivity contribution in [3.8, 4) is 5.75 Å². The van der Waals surface area contributed by atoms with Gasteiger partial charge in [-0.1, -0.05) is 12.1 Å². The molecule has 1 aromatic rings. The molecule has 0 spiro atoms. The summed E-state index contributed by atoms with van der Waals surface area (Å²) in [5.41, 5.74) is 2.07. The molecule has 0 aliphatic carbocycles. The Balaban J connectivity index is 2.63. The fourth-order valence-corrected chi connectivity index (χ4v) is 2.21. The van der Waals surface area contributed by atoms with Gasteiger partial charge in [0.15, 0.2) is 6.61 Å². The van der Waals surface area contributed by atoms with Crippen molar-refractivity contribution in [2.45, 2.75) is 40.2 Å². The number of amides is 1. The molecule has 6 heteroatoms. The lowest BCUT2D eigenvalue weighted by Gasteiger charge is -2.24. The van der Waals surface area contributed by atoms with Crippen molar-refractivity contribution < 1.29 is 24.2 Å². The molecule has 0 saturated heterocycles. The third-order valence-corrected chi connectivity index (χ3v) is 3.63. The zero-order chi connectivity index (χ0) is 18.1. The molecule has 1 unspecified atom stereocenters. The molecule has 1 rings (SSSR count). The Morgan fingerprint density at radius 2 is 2.00 bits per heavy atom. The Bertz CT molecular complexity index is 556. The highest BCUT2D eigenvalue weighted by Crippen LogP contribution is 2.20. The summed E-state index contributed by atoms with van der Waals surface area (Å²) >= 11 is 0. The fourth-order valence-electron chi connectivity index (χ4n) is 2.21. The van der Waals surface area contributed by atoms with Gasteiger partial charge >= 0.3 is 5.97 Å². The number of nitrogens with zero attached hydrogens (tertiary/aromatic N) is 1. The molecule has 134 valence electrons. The second kappa shape index (κ2) is 9.93. The van der Waals surface area contributed by atoms with E-state index < -0.39 is 6.10 Å². The Morgan fingerprint density at radius 3 is 2.62 bits per heavy atom. The number of rotatable bonds is 9. The van der Waals surface area contributed by atoms with Gasteiger partial charge in [0.1, 0.15) is 5.75 Å². The maximum Gasteiger partial charge on any atom is 0.307 e. The summed E-state index contributed by atoms with van der Waals surface area (Å²) in [5, 5.41) is 9.56. The second-order valence-corrected chi connectivity index (χ2v) is 5.73. The minimum absolute atomic E-state index is 0.0930. The lowest BCUT2D eigenvalue weighted by Crippen LogP contribution is -2.40. The Hall–Kier alpha value is -2.08. The molecule has 0 saturated carbocycles. The molecule has 0 aliphatic heterocycles. The number of benzene rings is 1. The van der Waals surface area contributed by atoms with E-state index in [-0.39, 0.29) is 38.0 Å². The molecule has 1 N–H and O–H groups in total. The number of esters is 1. The van der Waals surface area contributed by atoms with Crippen molar-refractivity contribution in [3.63, 3.8) is 0 Å². The standard InChI is InChI=1S/C18H27NO5/c1-5-23-18(22)9-10-19(11-14(3)20)17(21)12-24-16-8-6-7-13(2)15(16)4/h6-8,14,20H,5,9-12H2,1-4H3. The monoisotopic (exact) mass is 337 g/mol. The lowest BCUT2D eigenvalue weighted by molar-refractivity contribution is -0.144.